The van der Waals surface area contributed by atoms with Gasteiger partial charge >= 0.3 is 0 Å². The van der Waals surface area contributed by atoms with Gasteiger partial charge in [0.05, 0.1) is 6.04 Å². The molecule has 18 heavy (non-hydrogen) atoms. The molecule has 98 valence electrons. The van der Waals surface area contributed by atoms with Gasteiger partial charge < -0.3 is 15.3 Å². The molecule has 0 spiro atoms. The average molecular weight is 249 g/mol. The van der Waals surface area contributed by atoms with Crippen molar-refractivity contribution in [2.75, 3.05) is 19.7 Å². The maximum Gasteiger partial charge on any atom is 0.240 e. The highest BCUT2D eigenvalue weighted by Gasteiger charge is 2.25. The van der Waals surface area contributed by atoms with Crippen LogP contribution in [0.1, 0.15) is 18.4 Å². The van der Waals surface area contributed by atoms with Crippen molar-refractivity contribution >= 4 is 5.91 Å². The van der Waals surface area contributed by atoms with Gasteiger partial charge in [-0.1, -0.05) is 6.07 Å². The number of nitrogens with one attached hydrogen (secondary N) is 1. The lowest BCUT2D eigenvalue weighted by Gasteiger charge is -2.24. The molecule has 1 aliphatic heterocycles. The van der Waals surface area contributed by atoms with Gasteiger partial charge in [0.15, 0.2) is 0 Å². The molecule has 0 bridgehead atoms. The minimum absolute atomic E-state index is 0.0319. The van der Waals surface area contributed by atoms with E-state index in [-0.39, 0.29) is 18.6 Å². The van der Waals surface area contributed by atoms with Crippen molar-refractivity contribution in [1.82, 2.24) is 15.2 Å². The average Bonchev–Trinajstić information content (AvgIpc) is 2.56. The Morgan fingerprint density at radius 3 is 3.17 bits per heavy atom. The Morgan fingerprint density at radius 1 is 1.56 bits per heavy atom. The number of aliphatic hydroxyl groups excluding tert-OH is 1. The molecule has 5 heteroatoms. The molecule has 1 aliphatic rings. The maximum absolute atomic E-state index is 12.3. The molecule has 2 rings (SSSR count). The van der Waals surface area contributed by atoms with Crippen LogP contribution in [0.15, 0.2) is 24.5 Å². The van der Waals surface area contributed by atoms with E-state index in [0.29, 0.717) is 13.0 Å². The summed E-state index contributed by atoms with van der Waals surface area (Å²) in [5, 5.41) is 12.2. The van der Waals surface area contributed by atoms with E-state index in [0.717, 1.165) is 25.1 Å². The largest absolute Gasteiger partial charge is 0.396 e. The number of carbonyl (C=O) groups excluding carboxylic acids is 1. The first-order valence-electron chi connectivity index (χ1n) is 6.33. The lowest BCUT2D eigenvalue weighted by Crippen LogP contribution is -2.43. The third-order valence-corrected chi connectivity index (χ3v) is 3.12. The zero-order chi connectivity index (χ0) is 12.8. The Balaban J connectivity index is 2.03. The number of rotatable bonds is 4. The monoisotopic (exact) mass is 249 g/mol. The molecule has 1 fully saturated rings. The van der Waals surface area contributed by atoms with Crippen molar-refractivity contribution in [1.29, 1.82) is 0 Å². The van der Waals surface area contributed by atoms with Crippen LogP contribution >= 0.6 is 0 Å². The lowest BCUT2D eigenvalue weighted by atomic mass is 10.2. The number of aliphatic hydroxyl groups is 1. The summed E-state index contributed by atoms with van der Waals surface area (Å²) in [5.74, 6) is 0.0744. The van der Waals surface area contributed by atoms with Crippen LogP contribution in [0, 0.1) is 0 Å². The fraction of sp³-hybridized carbons (Fsp3) is 0.538. The van der Waals surface area contributed by atoms with Gasteiger partial charge in [-0.2, -0.15) is 0 Å². The van der Waals surface area contributed by atoms with E-state index >= 15 is 0 Å². The minimum atomic E-state index is -0.255. The second-order valence-electron chi connectivity index (χ2n) is 4.49. The third kappa shape index (κ3) is 3.27. The van der Waals surface area contributed by atoms with Gasteiger partial charge in [0.1, 0.15) is 0 Å². The van der Waals surface area contributed by atoms with Crippen LogP contribution in [0.25, 0.3) is 0 Å². The molecule has 0 radical (unpaired) electrons. The Labute approximate surface area is 107 Å². The van der Waals surface area contributed by atoms with Gasteiger partial charge in [-0.25, -0.2) is 0 Å². The van der Waals surface area contributed by atoms with E-state index in [4.69, 9.17) is 5.11 Å². The molecule has 1 unspecified atom stereocenters. The zero-order valence-electron chi connectivity index (χ0n) is 10.4. The van der Waals surface area contributed by atoms with Gasteiger partial charge in [-0.3, -0.25) is 9.78 Å². The van der Waals surface area contributed by atoms with Gasteiger partial charge in [0, 0.05) is 32.1 Å². The van der Waals surface area contributed by atoms with Gasteiger partial charge in [0.25, 0.3) is 0 Å². The molecule has 2 N–H and O–H groups in total. The van der Waals surface area contributed by atoms with Crippen LogP contribution in [0.3, 0.4) is 0 Å². The summed E-state index contributed by atoms with van der Waals surface area (Å²) in [6.45, 7) is 2.20. The second-order valence-corrected chi connectivity index (χ2v) is 4.49. The Morgan fingerprint density at radius 2 is 2.44 bits per heavy atom. The summed E-state index contributed by atoms with van der Waals surface area (Å²) in [6.07, 6.45) is 4.92. The topological polar surface area (TPSA) is 65.5 Å². The highest BCUT2D eigenvalue weighted by molar-refractivity contribution is 5.82. The molecule has 0 aromatic carbocycles. The Bertz CT molecular complexity index is 383. The summed E-state index contributed by atoms with van der Waals surface area (Å²) in [4.78, 5) is 18.2. The van der Waals surface area contributed by atoms with E-state index < -0.39 is 0 Å². The molecule has 1 aromatic heterocycles. The Hall–Kier alpha value is -1.46. The van der Waals surface area contributed by atoms with E-state index in [9.17, 15) is 4.79 Å². The number of pyridine rings is 1. The normalized spacial score (nSPS) is 20.8. The first-order chi connectivity index (χ1) is 8.81. The van der Waals surface area contributed by atoms with E-state index in [2.05, 4.69) is 10.3 Å². The molecule has 1 saturated heterocycles. The quantitative estimate of drug-likeness (QED) is 0.797. The SMILES string of the molecule is O=C1C(CCO)NCCCN1Cc1cccnc1. The molecule has 1 atom stereocenters. The molecule has 1 aromatic rings. The number of hydrogen-bond donors (Lipinski definition) is 2. The number of amides is 1. The Kier molecular flexibility index (Phi) is 4.66. The summed E-state index contributed by atoms with van der Waals surface area (Å²) in [5.41, 5.74) is 1.04. The number of carbonyl (C=O) groups is 1. The molecular weight excluding hydrogens is 230 g/mol. The molecule has 5 nitrogen and oxygen atoms in total. The lowest BCUT2D eigenvalue weighted by molar-refractivity contribution is -0.133. The van der Waals surface area contributed by atoms with Gasteiger partial charge in [-0.05, 0) is 31.0 Å². The van der Waals surface area contributed by atoms with Crippen molar-refractivity contribution in [2.24, 2.45) is 0 Å². The number of aromatic nitrogens is 1. The predicted octanol–water partition coefficient (Wildman–Crippen LogP) is 0.154. The van der Waals surface area contributed by atoms with Crippen LogP contribution in [-0.2, 0) is 11.3 Å². The van der Waals surface area contributed by atoms with Crippen LogP contribution < -0.4 is 5.32 Å². The van der Waals surface area contributed by atoms with Crippen LogP contribution in [0.2, 0.25) is 0 Å². The van der Waals surface area contributed by atoms with Crippen molar-refractivity contribution in [3.8, 4) is 0 Å². The first kappa shape index (κ1) is 13.0. The van der Waals surface area contributed by atoms with Crippen LogP contribution in [0.4, 0.5) is 0 Å². The highest BCUT2D eigenvalue weighted by Crippen LogP contribution is 2.10. The van der Waals surface area contributed by atoms with Crippen molar-refractivity contribution in [3.05, 3.63) is 30.1 Å². The third-order valence-electron chi connectivity index (χ3n) is 3.12. The number of nitrogens with zero attached hydrogens (tertiary/aromatic N) is 2. The van der Waals surface area contributed by atoms with Crippen molar-refractivity contribution in [3.63, 3.8) is 0 Å². The molecular formula is C13H19N3O2. The van der Waals surface area contributed by atoms with Crippen LogP contribution in [0.5, 0.6) is 0 Å². The maximum atomic E-state index is 12.3. The molecule has 1 amide bonds. The summed E-state index contributed by atoms with van der Waals surface area (Å²) < 4.78 is 0. The van der Waals surface area contributed by atoms with Crippen molar-refractivity contribution in [2.45, 2.75) is 25.4 Å². The molecule has 0 aliphatic carbocycles. The fourth-order valence-electron chi connectivity index (χ4n) is 2.19. The molecule has 2 heterocycles. The zero-order valence-corrected chi connectivity index (χ0v) is 10.4. The predicted molar refractivity (Wildman–Crippen MR) is 67.8 cm³/mol. The molecule has 0 saturated carbocycles. The van der Waals surface area contributed by atoms with Crippen molar-refractivity contribution < 1.29 is 9.90 Å². The van der Waals surface area contributed by atoms with Crippen LogP contribution in [-0.4, -0.2) is 46.6 Å². The standard InChI is InChI=1S/C13H19N3O2/c17-8-4-12-13(18)16(7-2-6-15-12)10-11-3-1-5-14-9-11/h1,3,5,9,12,15,17H,2,4,6-8,10H2. The van der Waals surface area contributed by atoms with E-state index in [1.165, 1.54) is 0 Å². The number of hydrogen-bond acceptors (Lipinski definition) is 4. The van der Waals surface area contributed by atoms with E-state index in [1.54, 1.807) is 12.4 Å². The second kappa shape index (κ2) is 6.47. The fourth-order valence-corrected chi connectivity index (χ4v) is 2.19. The summed E-state index contributed by atoms with van der Waals surface area (Å²) >= 11 is 0. The first-order valence-corrected chi connectivity index (χ1v) is 6.33. The highest BCUT2D eigenvalue weighted by atomic mass is 16.3. The minimum Gasteiger partial charge on any atom is -0.396 e. The summed E-state index contributed by atoms with van der Waals surface area (Å²) in [7, 11) is 0. The van der Waals surface area contributed by atoms with Gasteiger partial charge in [-0.15, -0.1) is 0 Å². The van der Waals surface area contributed by atoms with Gasteiger partial charge in [0.2, 0.25) is 5.91 Å². The van der Waals surface area contributed by atoms with E-state index in [1.807, 2.05) is 17.0 Å². The summed E-state index contributed by atoms with van der Waals surface area (Å²) in [6, 6.07) is 3.59. The smallest absolute Gasteiger partial charge is 0.240 e.